The lowest BCUT2D eigenvalue weighted by atomic mass is 10.1. The zero-order chi connectivity index (χ0) is 22.3. The fraction of sp³-hybridized carbons (Fsp3) is 0.0500. The van der Waals surface area contributed by atoms with Crippen LogP contribution >= 0.6 is 11.8 Å². The maximum atomic E-state index is 12.0. The summed E-state index contributed by atoms with van der Waals surface area (Å²) >= 11 is 1.20. The van der Waals surface area contributed by atoms with Crippen LogP contribution in [0.2, 0.25) is 0 Å². The van der Waals surface area contributed by atoms with Crippen molar-refractivity contribution in [2.45, 2.75) is 5.16 Å². The van der Waals surface area contributed by atoms with Crippen molar-refractivity contribution >= 4 is 29.6 Å². The van der Waals surface area contributed by atoms with Gasteiger partial charge in [-0.2, -0.15) is 15.3 Å². The van der Waals surface area contributed by atoms with Crippen LogP contribution in [0.25, 0.3) is 16.9 Å². The van der Waals surface area contributed by atoms with E-state index in [-0.39, 0.29) is 17.3 Å². The van der Waals surface area contributed by atoms with Gasteiger partial charge in [-0.1, -0.05) is 30.0 Å². The number of nitro groups is 1. The number of nitrogens with zero attached hydrogens (tertiary/aromatic N) is 6. The Labute approximate surface area is 185 Å². The fourth-order valence-corrected chi connectivity index (χ4v) is 3.34. The van der Waals surface area contributed by atoms with Gasteiger partial charge < -0.3 is 0 Å². The molecule has 4 aromatic rings. The van der Waals surface area contributed by atoms with Crippen LogP contribution in [0.3, 0.4) is 0 Å². The Kier molecular flexibility index (Phi) is 6.32. The summed E-state index contributed by atoms with van der Waals surface area (Å²) in [6, 6.07) is 15.6. The third-order valence-corrected chi connectivity index (χ3v) is 5.12. The van der Waals surface area contributed by atoms with Crippen LogP contribution in [0.5, 0.6) is 0 Å². The Morgan fingerprint density at radius 2 is 2.00 bits per heavy atom. The van der Waals surface area contributed by atoms with Crippen LogP contribution in [0, 0.1) is 10.1 Å². The first-order chi connectivity index (χ1) is 15.6. The number of non-ortho nitro benzene ring substituents is 1. The van der Waals surface area contributed by atoms with E-state index in [2.05, 4.69) is 30.8 Å². The van der Waals surface area contributed by atoms with Crippen molar-refractivity contribution < 1.29 is 9.72 Å². The molecule has 0 saturated heterocycles. The molecule has 2 N–H and O–H groups in total. The van der Waals surface area contributed by atoms with Crippen LogP contribution in [0.15, 0.2) is 77.4 Å². The van der Waals surface area contributed by atoms with Crippen molar-refractivity contribution in [2.24, 2.45) is 5.10 Å². The van der Waals surface area contributed by atoms with Gasteiger partial charge in [0.05, 0.1) is 22.6 Å². The molecule has 0 unspecified atom stereocenters. The molecule has 0 saturated carbocycles. The molecule has 1 amide bonds. The van der Waals surface area contributed by atoms with Gasteiger partial charge in [0.25, 0.3) is 11.6 Å². The number of amides is 1. The highest BCUT2D eigenvalue weighted by Gasteiger charge is 2.13. The minimum atomic E-state index is -0.457. The molecule has 2 aromatic carbocycles. The maximum Gasteiger partial charge on any atom is 0.269 e. The number of hydrazone groups is 1. The molecule has 0 radical (unpaired) electrons. The van der Waals surface area contributed by atoms with Crippen LogP contribution in [0.1, 0.15) is 5.56 Å². The number of thioether (sulfide) groups is 1. The molecule has 0 fully saturated rings. The maximum absolute atomic E-state index is 12.0. The molecule has 0 spiro atoms. The van der Waals surface area contributed by atoms with Crippen LogP contribution in [-0.4, -0.2) is 47.8 Å². The van der Waals surface area contributed by atoms with Crippen LogP contribution in [-0.2, 0) is 4.79 Å². The van der Waals surface area contributed by atoms with Crippen molar-refractivity contribution in [3.63, 3.8) is 0 Å². The first-order valence-electron chi connectivity index (χ1n) is 9.30. The Hall–Kier alpha value is -4.32. The Balaban J connectivity index is 1.55. The average molecular weight is 448 g/mol. The molecule has 0 aliphatic heterocycles. The molecule has 160 valence electrons. The number of aromatic amines is 1. The summed E-state index contributed by atoms with van der Waals surface area (Å²) in [6.07, 6.45) is 4.62. The van der Waals surface area contributed by atoms with Gasteiger partial charge >= 0.3 is 0 Å². The van der Waals surface area contributed by atoms with E-state index in [1.807, 2.05) is 30.3 Å². The van der Waals surface area contributed by atoms with E-state index in [0.717, 1.165) is 5.69 Å². The molecule has 0 aliphatic carbocycles. The minimum Gasteiger partial charge on any atom is -0.272 e. The highest BCUT2D eigenvalue weighted by Crippen LogP contribution is 2.25. The van der Waals surface area contributed by atoms with Gasteiger partial charge in [0.1, 0.15) is 12.0 Å². The van der Waals surface area contributed by atoms with Crippen molar-refractivity contribution in [3.8, 4) is 16.9 Å². The van der Waals surface area contributed by atoms with Gasteiger partial charge in [-0.15, -0.1) is 0 Å². The molecule has 32 heavy (non-hydrogen) atoms. The van der Waals surface area contributed by atoms with E-state index >= 15 is 0 Å². The second-order valence-electron chi connectivity index (χ2n) is 6.39. The Morgan fingerprint density at radius 1 is 1.22 bits per heavy atom. The zero-order valence-corrected chi connectivity index (χ0v) is 17.3. The van der Waals surface area contributed by atoms with E-state index in [4.69, 9.17) is 0 Å². The van der Waals surface area contributed by atoms with Crippen molar-refractivity contribution in [1.82, 2.24) is 30.4 Å². The lowest BCUT2D eigenvalue weighted by Gasteiger charge is -2.00. The number of benzene rings is 2. The van der Waals surface area contributed by atoms with Crippen molar-refractivity contribution in [3.05, 3.63) is 82.8 Å². The predicted octanol–water partition coefficient (Wildman–Crippen LogP) is 2.81. The number of para-hydroxylation sites is 1. The molecule has 0 aliphatic rings. The monoisotopic (exact) mass is 448 g/mol. The summed E-state index contributed by atoms with van der Waals surface area (Å²) in [7, 11) is 0. The number of hydrogen-bond donors (Lipinski definition) is 2. The van der Waals surface area contributed by atoms with Gasteiger partial charge in [-0.3, -0.25) is 20.0 Å². The number of carbonyl (C=O) groups excluding carboxylic acids is 1. The lowest BCUT2D eigenvalue weighted by molar-refractivity contribution is -0.384. The number of carbonyl (C=O) groups is 1. The molecule has 12 heteroatoms. The molecule has 0 atom stereocenters. The number of aromatic nitrogens is 5. The predicted molar refractivity (Wildman–Crippen MR) is 118 cm³/mol. The summed E-state index contributed by atoms with van der Waals surface area (Å²) in [6.45, 7) is 0. The first-order valence-corrected chi connectivity index (χ1v) is 10.3. The van der Waals surface area contributed by atoms with Crippen molar-refractivity contribution in [2.75, 3.05) is 5.75 Å². The van der Waals surface area contributed by atoms with E-state index in [1.54, 1.807) is 23.0 Å². The first kappa shape index (κ1) is 20.9. The fourth-order valence-electron chi connectivity index (χ4n) is 2.76. The number of nitrogens with one attached hydrogen (secondary N) is 2. The number of hydrogen-bond acceptors (Lipinski definition) is 8. The number of rotatable bonds is 8. The average Bonchev–Trinajstić information content (AvgIpc) is 3.49. The largest absolute Gasteiger partial charge is 0.272 e. The second-order valence-corrected chi connectivity index (χ2v) is 7.35. The molecule has 2 aromatic heterocycles. The Morgan fingerprint density at radius 3 is 2.69 bits per heavy atom. The standard InChI is InChI=1S/C20H16N8O3S/c29-18(12-32-20-21-13-23-25-20)24-22-10-15-11-27(16-4-2-1-3-5-16)26-19(15)14-6-8-17(9-7-14)28(30)31/h1-11,13H,12H2,(H,24,29)(H,21,23,25). The van der Waals surface area contributed by atoms with Gasteiger partial charge in [0.15, 0.2) is 5.16 Å². The highest BCUT2D eigenvalue weighted by molar-refractivity contribution is 7.99. The number of nitro benzene ring substituents is 1. The molecule has 2 heterocycles. The third kappa shape index (κ3) is 5.05. The minimum absolute atomic E-state index is 0.0111. The summed E-state index contributed by atoms with van der Waals surface area (Å²) in [5.74, 6) is -0.194. The smallest absolute Gasteiger partial charge is 0.269 e. The van der Waals surface area contributed by atoms with Gasteiger partial charge in [-0.05, 0) is 24.3 Å². The van der Waals surface area contributed by atoms with E-state index in [1.165, 1.54) is 36.4 Å². The quantitative estimate of drug-likeness (QED) is 0.182. The van der Waals surface area contributed by atoms with E-state index in [9.17, 15) is 14.9 Å². The summed E-state index contributed by atoms with van der Waals surface area (Å²) in [4.78, 5) is 26.4. The van der Waals surface area contributed by atoms with Gasteiger partial charge in [0.2, 0.25) is 0 Å². The van der Waals surface area contributed by atoms with Crippen LogP contribution in [0.4, 0.5) is 5.69 Å². The SMILES string of the molecule is O=C(CSc1ncn[nH]1)NN=Cc1cn(-c2ccccc2)nc1-c1ccc([N+](=O)[O-])cc1. The Bertz CT molecular complexity index is 1240. The molecular formula is C20H16N8O3S. The normalized spacial score (nSPS) is 11.0. The van der Waals surface area contributed by atoms with E-state index < -0.39 is 4.92 Å². The molecule has 4 rings (SSSR count). The second kappa shape index (κ2) is 9.66. The van der Waals surface area contributed by atoms with Gasteiger partial charge in [-0.25, -0.2) is 15.1 Å². The molecule has 0 bridgehead atoms. The van der Waals surface area contributed by atoms with Crippen molar-refractivity contribution in [1.29, 1.82) is 0 Å². The summed E-state index contributed by atoms with van der Waals surface area (Å²) < 4.78 is 1.68. The van der Waals surface area contributed by atoms with Crippen LogP contribution < -0.4 is 5.43 Å². The summed E-state index contributed by atoms with van der Waals surface area (Å²) in [5.41, 5.74) is 5.17. The van der Waals surface area contributed by atoms with E-state index in [0.29, 0.717) is 22.0 Å². The highest BCUT2D eigenvalue weighted by atomic mass is 32.2. The van der Waals surface area contributed by atoms with Gasteiger partial charge in [0, 0.05) is 29.5 Å². The lowest BCUT2D eigenvalue weighted by Crippen LogP contribution is -2.19. The topological polar surface area (TPSA) is 144 Å². The third-order valence-electron chi connectivity index (χ3n) is 4.24. The zero-order valence-electron chi connectivity index (χ0n) is 16.5. The number of H-pyrrole nitrogens is 1. The molecule has 11 nitrogen and oxygen atoms in total. The summed E-state index contributed by atoms with van der Waals surface area (Å²) in [5, 5.41) is 26.5. The molecular weight excluding hydrogens is 432 g/mol.